The molecule has 2 aliphatic rings. The lowest BCUT2D eigenvalue weighted by Gasteiger charge is -2.39. The van der Waals surface area contributed by atoms with E-state index in [0.29, 0.717) is 31.5 Å². The van der Waals surface area contributed by atoms with E-state index in [1.807, 2.05) is 4.90 Å². The fourth-order valence-electron chi connectivity index (χ4n) is 4.29. The van der Waals surface area contributed by atoms with Crippen LogP contribution >= 0.6 is 0 Å². The van der Waals surface area contributed by atoms with Gasteiger partial charge < -0.3 is 20.6 Å². The van der Waals surface area contributed by atoms with Gasteiger partial charge in [-0.05, 0) is 31.7 Å². The van der Waals surface area contributed by atoms with Gasteiger partial charge in [-0.1, -0.05) is 18.2 Å². The first-order chi connectivity index (χ1) is 16.6. The zero-order valence-electron chi connectivity index (χ0n) is 18.8. The Labute approximate surface area is 199 Å². The predicted octanol–water partition coefficient (Wildman–Crippen LogP) is 3.14. The molecule has 2 aromatic rings. The summed E-state index contributed by atoms with van der Waals surface area (Å²) in [5.74, 6) is -1.21. The first-order valence-corrected chi connectivity index (χ1v) is 11.2. The third-order valence-electron chi connectivity index (χ3n) is 6.41. The number of amides is 2. The van der Waals surface area contributed by atoms with Crippen LogP contribution in [0.15, 0.2) is 30.5 Å². The molecule has 2 fully saturated rings. The average Bonchev–Trinajstić information content (AvgIpc) is 3.56. The van der Waals surface area contributed by atoms with Crippen LogP contribution in [0.1, 0.15) is 41.6 Å². The molecule has 1 saturated heterocycles. The molecule has 0 radical (unpaired) electrons. The molecular formula is C23H25F3N6O3. The van der Waals surface area contributed by atoms with Crippen molar-refractivity contribution in [3.63, 3.8) is 0 Å². The minimum absolute atomic E-state index is 0.0732. The summed E-state index contributed by atoms with van der Waals surface area (Å²) in [6.07, 6.45) is -0.812. The van der Waals surface area contributed by atoms with E-state index < -0.39 is 17.8 Å². The lowest BCUT2D eigenvalue weighted by molar-refractivity contribution is -0.275. The zero-order valence-corrected chi connectivity index (χ0v) is 18.8. The summed E-state index contributed by atoms with van der Waals surface area (Å²) in [7, 11) is 0. The second kappa shape index (κ2) is 9.58. The van der Waals surface area contributed by atoms with Crippen molar-refractivity contribution in [1.29, 1.82) is 0 Å². The Balaban J connectivity index is 1.51. The Kier molecular flexibility index (Phi) is 6.71. The number of nitrogens with zero attached hydrogens (tertiary/aromatic N) is 4. The van der Waals surface area contributed by atoms with Gasteiger partial charge in [-0.3, -0.25) is 19.2 Å². The lowest BCUT2D eigenvalue weighted by Crippen LogP contribution is -2.48. The minimum atomic E-state index is -4.78. The number of anilines is 1. The number of hydrogen-bond donors (Lipinski definition) is 2. The standard InChI is InChI=1S/C23H25F3N6O3/c1-28-14-22(32-13-17(19(27)33)20(30-32)29-21(34)15-6-7-15)8-10-31(11-9-22)12-16-4-2-3-5-18(16)35-23(24,25)26/h2-5,13,15H,6-12,14H2,(H2,27,33)(H,29,30,34). The summed E-state index contributed by atoms with van der Waals surface area (Å²) in [6.45, 7) is 8.75. The number of primary amides is 1. The van der Waals surface area contributed by atoms with Gasteiger partial charge in [0, 0.05) is 37.3 Å². The molecule has 9 nitrogen and oxygen atoms in total. The van der Waals surface area contributed by atoms with Crippen molar-refractivity contribution >= 4 is 17.6 Å². The summed E-state index contributed by atoms with van der Waals surface area (Å²) in [5.41, 5.74) is 5.24. The van der Waals surface area contributed by atoms with Crippen molar-refractivity contribution < 1.29 is 27.5 Å². The Bertz CT molecular complexity index is 1140. The number of likely N-dealkylation sites (tertiary alicyclic amines) is 1. The first-order valence-electron chi connectivity index (χ1n) is 11.2. The predicted molar refractivity (Wildman–Crippen MR) is 119 cm³/mol. The van der Waals surface area contributed by atoms with Crippen LogP contribution < -0.4 is 15.8 Å². The van der Waals surface area contributed by atoms with Crippen LogP contribution in [0.4, 0.5) is 19.0 Å². The highest BCUT2D eigenvalue weighted by Gasteiger charge is 2.42. The van der Waals surface area contributed by atoms with E-state index in [1.54, 1.807) is 16.8 Å². The van der Waals surface area contributed by atoms with E-state index >= 15 is 0 Å². The molecule has 186 valence electrons. The number of carbonyl (C=O) groups excluding carboxylic acids is 2. The highest BCUT2D eigenvalue weighted by Crippen LogP contribution is 2.35. The van der Waals surface area contributed by atoms with Gasteiger partial charge in [0.25, 0.3) is 5.91 Å². The summed E-state index contributed by atoms with van der Waals surface area (Å²) in [6, 6.07) is 6.00. The van der Waals surface area contributed by atoms with Crippen molar-refractivity contribution in [1.82, 2.24) is 14.7 Å². The van der Waals surface area contributed by atoms with E-state index in [-0.39, 0.29) is 42.0 Å². The summed E-state index contributed by atoms with van der Waals surface area (Å²) in [4.78, 5) is 29.8. The number of benzene rings is 1. The highest BCUT2D eigenvalue weighted by atomic mass is 19.4. The normalized spacial score (nSPS) is 18.0. The third kappa shape index (κ3) is 5.74. The van der Waals surface area contributed by atoms with E-state index in [9.17, 15) is 22.8 Å². The van der Waals surface area contributed by atoms with Gasteiger partial charge in [0.15, 0.2) is 5.82 Å². The van der Waals surface area contributed by atoms with Crippen LogP contribution in [0.25, 0.3) is 4.85 Å². The molecule has 0 bridgehead atoms. The number of halogens is 3. The van der Waals surface area contributed by atoms with Crippen LogP contribution in [0.2, 0.25) is 0 Å². The molecule has 1 saturated carbocycles. The van der Waals surface area contributed by atoms with E-state index in [2.05, 4.69) is 20.0 Å². The summed E-state index contributed by atoms with van der Waals surface area (Å²) < 4.78 is 44.0. The molecule has 1 aliphatic heterocycles. The molecule has 12 heteroatoms. The monoisotopic (exact) mass is 490 g/mol. The number of carbonyl (C=O) groups is 2. The van der Waals surface area contributed by atoms with E-state index in [1.165, 1.54) is 18.3 Å². The van der Waals surface area contributed by atoms with Crippen molar-refractivity contribution in [2.75, 3.05) is 25.0 Å². The number of ether oxygens (including phenoxy) is 1. The van der Waals surface area contributed by atoms with Crippen LogP contribution in [0.3, 0.4) is 0 Å². The topological polar surface area (TPSA) is 107 Å². The molecule has 0 unspecified atom stereocenters. The van der Waals surface area contributed by atoms with Crippen LogP contribution in [-0.4, -0.2) is 52.5 Å². The maximum atomic E-state index is 12.8. The smallest absolute Gasteiger partial charge is 0.405 e. The van der Waals surface area contributed by atoms with Crippen molar-refractivity contribution in [3.8, 4) is 5.75 Å². The van der Waals surface area contributed by atoms with Gasteiger partial charge in [0.2, 0.25) is 12.5 Å². The Morgan fingerprint density at radius 1 is 1.26 bits per heavy atom. The number of rotatable bonds is 8. The van der Waals surface area contributed by atoms with Gasteiger partial charge >= 0.3 is 6.36 Å². The molecular weight excluding hydrogens is 465 g/mol. The number of nitrogens with two attached hydrogens (primary N) is 1. The average molecular weight is 490 g/mol. The highest BCUT2D eigenvalue weighted by molar-refractivity contribution is 6.02. The second-order valence-corrected chi connectivity index (χ2v) is 8.94. The van der Waals surface area contributed by atoms with Crippen molar-refractivity contribution in [3.05, 3.63) is 53.0 Å². The molecule has 2 heterocycles. The van der Waals surface area contributed by atoms with Gasteiger partial charge in [0.1, 0.15) is 16.9 Å². The second-order valence-electron chi connectivity index (χ2n) is 8.94. The fraction of sp³-hybridized carbons (Fsp3) is 0.478. The van der Waals surface area contributed by atoms with Crippen LogP contribution in [0.5, 0.6) is 5.75 Å². The first kappa shape index (κ1) is 24.5. The molecule has 1 aromatic heterocycles. The van der Waals surface area contributed by atoms with Crippen LogP contribution in [0, 0.1) is 12.5 Å². The minimum Gasteiger partial charge on any atom is -0.405 e. The maximum absolute atomic E-state index is 12.8. The van der Waals surface area contributed by atoms with Gasteiger partial charge in [0.05, 0.1) is 0 Å². The Hall–Kier alpha value is -3.59. The Morgan fingerprint density at radius 3 is 2.54 bits per heavy atom. The lowest BCUT2D eigenvalue weighted by atomic mass is 9.87. The quantitative estimate of drug-likeness (QED) is 0.553. The largest absolute Gasteiger partial charge is 0.573 e. The number of hydrogen-bond acceptors (Lipinski definition) is 5. The van der Waals surface area contributed by atoms with Gasteiger partial charge in [-0.15, -0.1) is 13.2 Å². The molecule has 2 amide bonds. The third-order valence-corrected chi connectivity index (χ3v) is 6.41. The number of alkyl halides is 3. The molecule has 0 atom stereocenters. The van der Waals surface area contributed by atoms with Crippen molar-refractivity contribution in [2.24, 2.45) is 11.7 Å². The number of aromatic nitrogens is 2. The summed E-state index contributed by atoms with van der Waals surface area (Å²) >= 11 is 0. The number of nitrogens with one attached hydrogen (secondary N) is 1. The van der Waals surface area contributed by atoms with E-state index in [4.69, 9.17) is 12.3 Å². The molecule has 1 aliphatic carbocycles. The van der Waals surface area contributed by atoms with Crippen LogP contribution in [-0.2, 0) is 16.9 Å². The van der Waals surface area contributed by atoms with Gasteiger partial charge in [-0.25, -0.2) is 6.57 Å². The Morgan fingerprint density at radius 2 is 1.94 bits per heavy atom. The van der Waals surface area contributed by atoms with Crippen molar-refractivity contribution in [2.45, 2.75) is 44.1 Å². The molecule has 35 heavy (non-hydrogen) atoms. The van der Waals surface area contributed by atoms with E-state index in [0.717, 1.165) is 12.8 Å². The molecule has 0 spiro atoms. The number of piperidine rings is 1. The van der Waals surface area contributed by atoms with Gasteiger partial charge in [-0.2, -0.15) is 5.10 Å². The molecule has 1 aromatic carbocycles. The maximum Gasteiger partial charge on any atom is 0.573 e. The molecule has 3 N–H and O–H groups in total. The SMILES string of the molecule is [C-]#[N+]CC1(n2cc(C(N)=O)c(NC(=O)C3CC3)n2)CCN(Cc2ccccc2OC(F)(F)F)CC1. The summed E-state index contributed by atoms with van der Waals surface area (Å²) in [5, 5.41) is 7.11. The zero-order chi connectivity index (χ0) is 25.2. The molecule has 4 rings (SSSR count). The fourth-order valence-corrected chi connectivity index (χ4v) is 4.29. The number of para-hydroxylation sites is 1.